The molecule has 3 heterocycles. The number of nitrogens with zero attached hydrogens (tertiary/aromatic N) is 3. The van der Waals surface area contributed by atoms with Crippen LogP contribution in [0.15, 0.2) is 82.7 Å². The summed E-state index contributed by atoms with van der Waals surface area (Å²) in [6.45, 7) is 2.59. The zero-order valence-corrected chi connectivity index (χ0v) is 21.9. The summed E-state index contributed by atoms with van der Waals surface area (Å²) in [7, 11) is 0. The first-order valence-corrected chi connectivity index (χ1v) is 13.0. The molecule has 2 aromatic carbocycles. The number of aryl methyl sites for hydroxylation is 1. The fourth-order valence-corrected chi connectivity index (χ4v) is 4.64. The number of carboxylic acid groups (broad SMARTS) is 1. The van der Waals surface area contributed by atoms with Crippen molar-refractivity contribution in [3.63, 3.8) is 0 Å². The van der Waals surface area contributed by atoms with Crippen molar-refractivity contribution in [3.8, 4) is 27.8 Å². The van der Waals surface area contributed by atoms with Gasteiger partial charge in [-0.2, -0.15) is 5.10 Å². The molecule has 0 unspecified atom stereocenters. The van der Waals surface area contributed by atoms with Crippen LogP contribution in [0.25, 0.3) is 22.0 Å². The highest BCUT2D eigenvalue weighted by molar-refractivity contribution is 7.13. The molecule has 0 amide bonds. The highest BCUT2D eigenvalue weighted by atomic mass is 32.1. The molecule has 0 atom stereocenters. The smallest absolute Gasteiger partial charge is 0.317 e. The molecule has 0 aliphatic carbocycles. The molecule has 0 bridgehead atoms. The van der Waals surface area contributed by atoms with Crippen LogP contribution in [-0.4, -0.2) is 31.8 Å². The monoisotopic (exact) mass is 543 g/mol. The van der Waals surface area contributed by atoms with E-state index in [4.69, 9.17) is 24.1 Å². The second-order valence-electron chi connectivity index (χ2n) is 8.73. The van der Waals surface area contributed by atoms with Crippen LogP contribution in [0.1, 0.15) is 29.0 Å². The molecule has 198 valence electrons. The van der Waals surface area contributed by atoms with E-state index in [0.717, 1.165) is 27.5 Å². The van der Waals surface area contributed by atoms with E-state index in [0.29, 0.717) is 29.4 Å². The second kappa shape index (κ2) is 11.8. The van der Waals surface area contributed by atoms with Crippen LogP contribution >= 0.6 is 11.3 Å². The Bertz CT molecular complexity index is 1560. The molecule has 0 aliphatic heterocycles. The van der Waals surface area contributed by atoms with Crippen LogP contribution in [0.4, 0.5) is 0 Å². The van der Waals surface area contributed by atoms with Gasteiger partial charge in [0.15, 0.2) is 0 Å². The van der Waals surface area contributed by atoms with E-state index in [1.54, 1.807) is 4.68 Å². The normalized spacial score (nSPS) is 10.9. The van der Waals surface area contributed by atoms with Crippen LogP contribution in [0.2, 0.25) is 0 Å². The summed E-state index contributed by atoms with van der Waals surface area (Å²) in [5, 5.41) is 15.4. The van der Waals surface area contributed by atoms with Gasteiger partial charge in [0.2, 0.25) is 5.89 Å². The maximum absolute atomic E-state index is 11.7. The SMILES string of the molecule is Cc1oc(-c2ccccc2)nc1COc1ccc(Cn2cc(COC(=O)CC(=O)O)c(-c3cccs3)n2)cc1. The number of hydrogen-bond donors (Lipinski definition) is 1. The van der Waals surface area contributed by atoms with Crippen molar-refractivity contribution >= 4 is 23.3 Å². The van der Waals surface area contributed by atoms with Gasteiger partial charge in [-0.05, 0) is 48.2 Å². The molecular formula is C29H25N3O6S. The van der Waals surface area contributed by atoms with Crippen molar-refractivity contribution in [3.05, 3.63) is 101 Å². The van der Waals surface area contributed by atoms with Crippen LogP contribution in [0.3, 0.4) is 0 Å². The molecule has 0 saturated carbocycles. The first-order chi connectivity index (χ1) is 18.9. The average molecular weight is 544 g/mol. The zero-order valence-electron chi connectivity index (χ0n) is 21.1. The maximum Gasteiger partial charge on any atom is 0.317 e. The third kappa shape index (κ3) is 6.60. The number of rotatable bonds is 11. The van der Waals surface area contributed by atoms with E-state index in [9.17, 15) is 9.59 Å². The predicted molar refractivity (Wildman–Crippen MR) is 144 cm³/mol. The van der Waals surface area contributed by atoms with E-state index in [-0.39, 0.29) is 13.2 Å². The molecule has 0 saturated heterocycles. The molecule has 5 aromatic rings. The summed E-state index contributed by atoms with van der Waals surface area (Å²) in [6, 6.07) is 21.3. The number of esters is 1. The van der Waals surface area contributed by atoms with Gasteiger partial charge in [0, 0.05) is 17.3 Å². The minimum Gasteiger partial charge on any atom is -0.487 e. The first-order valence-electron chi connectivity index (χ1n) is 12.2. The van der Waals surface area contributed by atoms with Crippen molar-refractivity contribution < 1.29 is 28.6 Å². The Morgan fingerprint density at radius 1 is 1.03 bits per heavy atom. The lowest BCUT2D eigenvalue weighted by molar-refractivity contribution is -0.152. The van der Waals surface area contributed by atoms with E-state index in [2.05, 4.69) is 4.98 Å². The predicted octanol–water partition coefficient (Wildman–Crippen LogP) is 5.72. The summed E-state index contributed by atoms with van der Waals surface area (Å²) < 4.78 is 18.7. The number of carbonyl (C=O) groups is 2. The van der Waals surface area contributed by atoms with Gasteiger partial charge in [-0.15, -0.1) is 11.3 Å². The van der Waals surface area contributed by atoms with Crippen molar-refractivity contribution in [2.75, 3.05) is 0 Å². The first kappa shape index (κ1) is 25.9. The summed E-state index contributed by atoms with van der Waals surface area (Å²) in [4.78, 5) is 28.0. The molecule has 9 nitrogen and oxygen atoms in total. The van der Waals surface area contributed by atoms with Crippen molar-refractivity contribution in [1.29, 1.82) is 0 Å². The van der Waals surface area contributed by atoms with Gasteiger partial charge >= 0.3 is 11.9 Å². The van der Waals surface area contributed by atoms with Gasteiger partial charge < -0.3 is 19.0 Å². The Labute approximate surface area is 228 Å². The Balaban J connectivity index is 1.23. The van der Waals surface area contributed by atoms with Gasteiger partial charge in [0.1, 0.15) is 42.5 Å². The standard InChI is InChI=1S/C29H25N3O6S/c1-19-24(30-29(38-19)21-6-3-2-4-7-21)18-36-23-11-9-20(10-12-23)15-32-16-22(17-37-27(35)14-26(33)34)28(31-32)25-8-5-13-39-25/h2-13,16H,14-15,17-18H2,1H3,(H,33,34). The topological polar surface area (TPSA) is 117 Å². The quantitative estimate of drug-likeness (QED) is 0.166. The summed E-state index contributed by atoms with van der Waals surface area (Å²) in [5.41, 5.74) is 4.06. The highest BCUT2D eigenvalue weighted by Crippen LogP contribution is 2.28. The van der Waals surface area contributed by atoms with Gasteiger partial charge in [0.05, 0.1) is 11.4 Å². The maximum atomic E-state index is 11.7. The Kier molecular flexibility index (Phi) is 7.83. The lowest BCUT2D eigenvalue weighted by Crippen LogP contribution is -2.10. The van der Waals surface area contributed by atoms with Crippen LogP contribution in [-0.2, 0) is 34.1 Å². The van der Waals surface area contributed by atoms with Gasteiger partial charge in [-0.1, -0.05) is 36.4 Å². The molecular weight excluding hydrogens is 518 g/mol. The average Bonchev–Trinajstić information content (AvgIpc) is 3.68. The Morgan fingerprint density at radius 2 is 1.82 bits per heavy atom. The lowest BCUT2D eigenvalue weighted by atomic mass is 10.2. The fraction of sp³-hybridized carbons (Fsp3) is 0.172. The Hall–Kier alpha value is -4.70. The molecule has 0 aliphatic rings. The van der Waals surface area contributed by atoms with Gasteiger partial charge in [-0.3, -0.25) is 14.3 Å². The number of thiophene rings is 1. The summed E-state index contributed by atoms with van der Waals surface area (Å²) >= 11 is 1.52. The number of carbonyl (C=O) groups excluding carboxylic acids is 1. The number of oxazole rings is 1. The third-order valence-corrected chi connectivity index (χ3v) is 6.71. The molecule has 0 fully saturated rings. The van der Waals surface area contributed by atoms with Crippen molar-refractivity contribution in [2.45, 2.75) is 33.1 Å². The molecule has 3 aromatic heterocycles. The van der Waals surface area contributed by atoms with E-state index >= 15 is 0 Å². The van der Waals surface area contributed by atoms with Crippen molar-refractivity contribution in [2.24, 2.45) is 0 Å². The summed E-state index contributed by atoms with van der Waals surface area (Å²) in [6.07, 6.45) is 1.13. The van der Waals surface area contributed by atoms with E-state index in [1.165, 1.54) is 11.3 Å². The largest absolute Gasteiger partial charge is 0.487 e. The second-order valence-corrected chi connectivity index (χ2v) is 9.68. The Morgan fingerprint density at radius 3 is 2.54 bits per heavy atom. The van der Waals surface area contributed by atoms with E-state index in [1.807, 2.05) is 85.2 Å². The number of aromatic nitrogens is 3. The van der Waals surface area contributed by atoms with Crippen molar-refractivity contribution in [1.82, 2.24) is 14.8 Å². The number of aliphatic carboxylic acids is 1. The van der Waals surface area contributed by atoms with Gasteiger partial charge in [-0.25, -0.2) is 4.98 Å². The van der Waals surface area contributed by atoms with Crippen LogP contribution in [0, 0.1) is 6.92 Å². The molecule has 5 rings (SSSR count). The molecule has 1 N–H and O–H groups in total. The lowest BCUT2D eigenvalue weighted by Gasteiger charge is -2.06. The van der Waals surface area contributed by atoms with Crippen LogP contribution < -0.4 is 4.74 Å². The van der Waals surface area contributed by atoms with Crippen LogP contribution in [0.5, 0.6) is 5.75 Å². The fourth-order valence-electron chi connectivity index (χ4n) is 3.90. The minimum atomic E-state index is -1.23. The zero-order chi connectivity index (χ0) is 27.2. The molecule has 0 radical (unpaired) electrons. The number of hydrogen-bond acceptors (Lipinski definition) is 8. The minimum absolute atomic E-state index is 0.0560. The van der Waals surface area contributed by atoms with Gasteiger partial charge in [0.25, 0.3) is 0 Å². The molecule has 10 heteroatoms. The number of benzene rings is 2. The summed E-state index contributed by atoms with van der Waals surface area (Å²) in [5.74, 6) is -0.0303. The third-order valence-electron chi connectivity index (χ3n) is 5.83. The van der Waals surface area contributed by atoms with E-state index < -0.39 is 18.4 Å². The number of carboxylic acids is 1. The highest BCUT2D eigenvalue weighted by Gasteiger charge is 2.16. The number of ether oxygens (including phenoxy) is 2. The molecule has 0 spiro atoms. The molecule has 39 heavy (non-hydrogen) atoms.